The van der Waals surface area contributed by atoms with E-state index in [4.69, 9.17) is 0 Å². The SMILES string of the molecule is CCN(C(=O)Cc1c(C)nn(-c2nc(C)cc(C)n2)c1C)c1cccc(Br)c1. The van der Waals surface area contributed by atoms with Gasteiger partial charge in [-0.25, -0.2) is 14.6 Å². The number of anilines is 1. The summed E-state index contributed by atoms with van der Waals surface area (Å²) in [6.07, 6.45) is 0.281. The molecule has 0 saturated heterocycles. The number of halogens is 1. The number of nitrogens with zero attached hydrogens (tertiary/aromatic N) is 5. The van der Waals surface area contributed by atoms with Crippen molar-refractivity contribution in [2.45, 2.75) is 41.0 Å². The fourth-order valence-corrected chi connectivity index (χ4v) is 3.71. The molecule has 6 nitrogen and oxygen atoms in total. The number of hydrogen-bond donors (Lipinski definition) is 0. The van der Waals surface area contributed by atoms with Gasteiger partial charge in [0.2, 0.25) is 5.91 Å². The van der Waals surface area contributed by atoms with Crippen LogP contribution in [-0.4, -0.2) is 32.2 Å². The Morgan fingerprint density at radius 3 is 2.39 bits per heavy atom. The Hall–Kier alpha value is -2.54. The average Bonchev–Trinajstić information content (AvgIpc) is 2.90. The Bertz CT molecular complexity index is 1010. The van der Waals surface area contributed by atoms with Crippen LogP contribution < -0.4 is 4.90 Å². The second-order valence-electron chi connectivity index (χ2n) is 6.81. The summed E-state index contributed by atoms with van der Waals surface area (Å²) in [5, 5.41) is 4.60. The summed E-state index contributed by atoms with van der Waals surface area (Å²) in [6, 6.07) is 9.70. The molecule has 146 valence electrons. The number of amides is 1. The van der Waals surface area contributed by atoms with E-state index in [9.17, 15) is 4.79 Å². The molecule has 7 heteroatoms. The highest BCUT2D eigenvalue weighted by Gasteiger charge is 2.21. The molecule has 0 spiro atoms. The van der Waals surface area contributed by atoms with Crippen molar-refractivity contribution in [1.82, 2.24) is 19.7 Å². The summed E-state index contributed by atoms with van der Waals surface area (Å²) < 4.78 is 2.68. The van der Waals surface area contributed by atoms with Crippen molar-refractivity contribution >= 4 is 27.5 Å². The predicted molar refractivity (Wildman–Crippen MR) is 114 cm³/mol. The fourth-order valence-electron chi connectivity index (χ4n) is 3.32. The Balaban J connectivity index is 1.92. The maximum Gasteiger partial charge on any atom is 0.251 e. The molecule has 0 bridgehead atoms. The number of benzene rings is 1. The van der Waals surface area contributed by atoms with Gasteiger partial charge < -0.3 is 4.90 Å². The summed E-state index contributed by atoms with van der Waals surface area (Å²) >= 11 is 3.47. The third-order valence-electron chi connectivity index (χ3n) is 4.67. The maximum absolute atomic E-state index is 13.1. The van der Waals surface area contributed by atoms with Crippen LogP contribution >= 0.6 is 15.9 Å². The minimum atomic E-state index is 0.0349. The van der Waals surface area contributed by atoms with Gasteiger partial charge in [-0.15, -0.1) is 0 Å². The van der Waals surface area contributed by atoms with Gasteiger partial charge >= 0.3 is 0 Å². The zero-order chi connectivity index (χ0) is 20.4. The van der Waals surface area contributed by atoms with E-state index in [1.165, 1.54) is 0 Å². The zero-order valence-electron chi connectivity index (χ0n) is 16.8. The molecule has 0 unspecified atom stereocenters. The fraction of sp³-hybridized carbons (Fsp3) is 0.333. The van der Waals surface area contributed by atoms with Crippen LogP contribution in [0.4, 0.5) is 5.69 Å². The van der Waals surface area contributed by atoms with Gasteiger partial charge in [0, 0.05) is 39.4 Å². The van der Waals surface area contributed by atoms with Crippen LogP contribution in [0.5, 0.6) is 0 Å². The van der Waals surface area contributed by atoms with E-state index in [0.29, 0.717) is 12.5 Å². The monoisotopic (exact) mass is 441 g/mol. The molecule has 3 rings (SSSR count). The highest BCUT2D eigenvalue weighted by Crippen LogP contribution is 2.23. The van der Waals surface area contributed by atoms with Crippen LogP contribution in [0, 0.1) is 27.7 Å². The molecule has 0 N–H and O–H groups in total. The highest BCUT2D eigenvalue weighted by atomic mass is 79.9. The molecule has 0 aliphatic rings. The second-order valence-corrected chi connectivity index (χ2v) is 7.72. The van der Waals surface area contributed by atoms with Crippen molar-refractivity contribution in [1.29, 1.82) is 0 Å². The molecule has 0 saturated carbocycles. The Labute approximate surface area is 173 Å². The van der Waals surface area contributed by atoms with Gasteiger partial charge in [0.15, 0.2) is 0 Å². The van der Waals surface area contributed by atoms with Gasteiger partial charge in [0.05, 0.1) is 12.1 Å². The number of carbonyl (C=O) groups excluding carboxylic acids is 1. The summed E-state index contributed by atoms with van der Waals surface area (Å²) in [5.74, 6) is 0.573. The molecular formula is C21H24BrN5O. The third-order valence-corrected chi connectivity index (χ3v) is 5.16. The first-order valence-corrected chi connectivity index (χ1v) is 10.0. The largest absolute Gasteiger partial charge is 0.312 e. The van der Waals surface area contributed by atoms with Gasteiger partial charge in [-0.2, -0.15) is 5.10 Å². The molecular weight excluding hydrogens is 418 g/mol. The quantitative estimate of drug-likeness (QED) is 0.593. The second kappa shape index (κ2) is 8.22. The molecule has 3 aromatic rings. The maximum atomic E-state index is 13.1. The van der Waals surface area contributed by atoms with Crippen LogP contribution in [0.25, 0.3) is 5.95 Å². The minimum Gasteiger partial charge on any atom is -0.312 e. The van der Waals surface area contributed by atoms with Gasteiger partial charge in [-0.1, -0.05) is 22.0 Å². The number of aromatic nitrogens is 4. The molecule has 1 aromatic carbocycles. The van der Waals surface area contributed by atoms with Crippen molar-refractivity contribution in [3.63, 3.8) is 0 Å². The number of carbonyl (C=O) groups is 1. The van der Waals surface area contributed by atoms with Crippen LogP contribution in [-0.2, 0) is 11.2 Å². The van der Waals surface area contributed by atoms with E-state index in [0.717, 1.165) is 38.5 Å². The van der Waals surface area contributed by atoms with Gasteiger partial charge in [-0.3, -0.25) is 4.79 Å². The lowest BCUT2D eigenvalue weighted by molar-refractivity contribution is -0.118. The zero-order valence-corrected chi connectivity index (χ0v) is 18.4. The number of aryl methyl sites for hydroxylation is 3. The number of rotatable bonds is 5. The Morgan fingerprint density at radius 1 is 1.11 bits per heavy atom. The summed E-state index contributed by atoms with van der Waals surface area (Å²) in [7, 11) is 0. The van der Waals surface area contributed by atoms with Gasteiger partial charge in [-0.05, 0) is 58.9 Å². The summed E-state index contributed by atoms with van der Waals surface area (Å²) in [4.78, 5) is 23.8. The van der Waals surface area contributed by atoms with Crippen molar-refractivity contribution in [2.24, 2.45) is 0 Å². The molecule has 2 aromatic heterocycles. The van der Waals surface area contributed by atoms with Gasteiger partial charge in [0.1, 0.15) is 0 Å². The normalized spacial score (nSPS) is 10.9. The predicted octanol–water partition coefficient (Wildman–Crippen LogP) is 4.25. The van der Waals surface area contributed by atoms with E-state index in [1.54, 1.807) is 9.58 Å². The molecule has 0 fully saturated rings. The van der Waals surface area contributed by atoms with Crippen molar-refractivity contribution in [2.75, 3.05) is 11.4 Å². The van der Waals surface area contributed by atoms with E-state index in [-0.39, 0.29) is 12.3 Å². The van der Waals surface area contributed by atoms with E-state index in [2.05, 4.69) is 31.0 Å². The molecule has 0 atom stereocenters. The van der Waals surface area contributed by atoms with Crippen molar-refractivity contribution in [3.8, 4) is 5.95 Å². The van der Waals surface area contributed by atoms with E-state index in [1.807, 2.05) is 65.0 Å². The van der Waals surface area contributed by atoms with E-state index >= 15 is 0 Å². The average molecular weight is 442 g/mol. The standard InChI is InChI=1S/C21H24BrN5O/c1-6-26(18-9-7-8-17(22)11-18)20(28)12-19-15(4)25-27(16(19)5)21-23-13(2)10-14(3)24-21/h7-11H,6,12H2,1-5H3. The first-order chi connectivity index (χ1) is 13.3. The summed E-state index contributed by atoms with van der Waals surface area (Å²) in [6.45, 7) is 10.3. The molecule has 0 radical (unpaired) electrons. The molecule has 0 aliphatic heterocycles. The Kier molecular flexibility index (Phi) is 5.93. The smallest absolute Gasteiger partial charge is 0.251 e. The minimum absolute atomic E-state index is 0.0349. The lowest BCUT2D eigenvalue weighted by Gasteiger charge is -2.21. The molecule has 2 heterocycles. The number of likely N-dealkylation sites (N-methyl/N-ethyl adjacent to an activating group) is 1. The van der Waals surface area contributed by atoms with E-state index < -0.39 is 0 Å². The van der Waals surface area contributed by atoms with Crippen LogP contribution in [0.2, 0.25) is 0 Å². The number of hydrogen-bond acceptors (Lipinski definition) is 4. The van der Waals surface area contributed by atoms with Crippen molar-refractivity contribution in [3.05, 3.63) is 63.1 Å². The molecule has 0 aliphatic carbocycles. The molecule has 1 amide bonds. The first-order valence-electron chi connectivity index (χ1n) is 9.23. The lowest BCUT2D eigenvalue weighted by Crippen LogP contribution is -2.32. The molecule has 28 heavy (non-hydrogen) atoms. The highest BCUT2D eigenvalue weighted by molar-refractivity contribution is 9.10. The topological polar surface area (TPSA) is 63.9 Å². The van der Waals surface area contributed by atoms with Crippen LogP contribution in [0.15, 0.2) is 34.8 Å². The lowest BCUT2D eigenvalue weighted by atomic mass is 10.1. The van der Waals surface area contributed by atoms with Crippen molar-refractivity contribution < 1.29 is 4.79 Å². The summed E-state index contributed by atoms with van der Waals surface area (Å²) in [5.41, 5.74) is 5.28. The van der Waals surface area contributed by atoms with Crippen LogP contribution in [0.3, 0.4) is 0 Å². The van der Waals surface area contributed by atoms with Gasteiger partial charge in [0.25, 0.3) is 5.95 Å². The van der Waals surface area contributed by atoms with Crippen LogP contribution in [0.1, 0.15) is 35.3 Å². The third kappa shape index (κ3) is 4.14. The Morgan fingerprint density at radius 2 is 1.79 bits per heavy atom. The first kappa shape index (κ1) is 20.2.